The lowest BCUT2D eigenvalue weighted by atomic mass is 9.95. The average Bonchev–Trinajstić information content (AvgIpc) is 3.09. The highest BCUT2D eigenvalue weighted by Crippen LogP contribution is 2.33. The zero-order valence-electron chi connectivity index (χ0n) is 11.8. The zero-order chi connectivity index (χ0) is 14.8. The van der Waals surface area contributed by atoms with Crippen molar-refractivity contribution < 1.29 is 14.0 Å². The minimum Gasteiger partial charge on any atom is -0.321 e. The molecule has 1 saturated carbocycles. The van der Waals surface area contributed by atoms with E-state index in [9.17, 15) is 14.0 Å². The van der Waals surface area contributed by atoms with Gasteiger partial charge in [0.25, 0.3) is 0 Å². The Kier molecular flexibility index (Phi) is 3.90. The second-order valence-corrected chi connectivity index (χ2v) is 5.78. The lowest BCUT2D eigenvalue weighted by Crippen LogP contribution is -2.43. The maximum atomic E-state index is 13.6. The van der Waals surface area contributed by atoms with Gasteiger partial charge in [0.1, 0.15) is 11.6 Å². The van der Waals surface area contributed by atoms with Crippen molar-refractivity contribution in [3.05, 3.63) is 30.1 Å². The number of carbonyl (C=O) groups excluding carboxylic acids is 2. The summed E-state index contributed by atoms with van der Waals surface area (Å²) in [7, 11) is 0. The lowest BCUT2D eigenvalue weighted by molar-refractivity contribution is -0.121. The molecular weight excluding hydrogens is 271 g/mol. The molecule has 0 radical (unpaired) electrons. The summed E-state index contributed by atoms with van der Waals surface area (Å²) in [4.78, 5) is 26.0. The topological polar surface area (TPSA) is 49.4 Å². The third-order valence-corrected chi connectivity index (χ3v) is 4.49. The number of rotatable bonds is 2. The van der Waals surface area contributed by atoms with Gasteiger partial charge in [-0.3, -0.25) is 4.79 Å². The number of Topliss-reactive ketones (excluding diaryl/α,β-unsaturated/α-hetero) is 1. The number of amides is 2. The predicted molar refractivity (Wildman–Crippen MR) is 77.5 cm³/mol. The van der Waals surface area contributed by atoms with Crippen LogP contribution in [0.4, 0.5) is 14.9 Å². The molecule has 2 atom stereocenters. The SMILES string of the molecule is O=C1CCCC1C1CCCN1C(=O)Nc1ccccc1F. The zero-order valence-corrected chi connectivity index (χ0v) is 11.8. The standard InChI is InChI=1S/C16H19FN2O2/c17-12-6-1-2-7-13(12)18-16(21)19-10-4-8-14(19)11-5-3-9-15(11)20/h1-2,6-7,11,14H,3-5,8-10H2,(H,18,21). The highest BCUT2D eigenvalue weighted by Gasteiger charge is 2.40. The maximum absolute atomic E-state index is 13.6. The number of likely N-dealkylation sites (tertiary alicyclic amines) is 1. The summed E-state index contributed by atoms with van der Waals surface area (Å²) >= 11 is 0. The smallest absolute Gasteiger partial charge is 0.321 e. The lowest BCUT2D eigenvalue weighted by Gasteiger charge is -2.28. The first-order valence-electron chi connectivity index (χ1n) is 7.51. The van der Waals surface area contributed by atoms with Gasteiger partial charge in [-0.05, 0) is 37.8 Å². The van der Waals surface area contributed by atoms with Crippen LogP contribution in [-0.4, -0.2) is 29.3 Å². The van der Waals surface area contributed by atoms with E-state index in [-0.39, 0.29) is 29.5 Å². The first kappa shape index (κ1) is 14.0. The second-order valence-electron chi connectivity index (χ2n) is 5.78. The molecule has 1 aromatic carbocycles. The minimum absolute atomic E-state index is 0.0215. The Hall–Kier alpha value is -1.91. The summed E-state index contributed by atoms with van der Waals surface area (Å²) < 4.78 is 13.6. The summed E-state index contributed by atoms with van der Waals surface area (Å²) in [6, 6.07) is 5.80. The second kappa shape index (κ2) is 5.84. The molecule has 21 heavy (non-hydrogen) atoms. The van der Waals surface area contributed by atoms with Crippen molar-refractivity contribution in [3.8, 4) is 0 Å². The molecule has 1 aliphatic heterocycles. The Morgan fingerprint density at radius 3 is 2.76 bits per heavy atom. The van der Waals surface area contributed by atoms with Crippen LogP contribution in [0, 0.1) is 11.7 Å². The Morgan fingerprint density at radius 2 is 2.05 bits per heavy atom. The fraction of sp³-hybridized carbons (Fsp3) is 0.500. The number of urea groups is 1. The van der Waals surface area contributed by atoms with Gasteiger partial charge < -0.3 is 10.2 Å². The number of nitrogens with zero attached hydrogens (tertiary/aromatic N) is 1. The number of para-hydroxylation sites is 1. The normalized spacial score (nSPS) is 25.4. The number of anilines is 1. The summed E-state index contributed by atoms with van der Waals surface area (Å²) in [6.07, 6.45) is 4.18. The van der Waals surface area contributed by atoms with Gasteiger partial charge in [-0.15, -0.1) is 0 Å². The van der Waals surface area contributed by atoms with E-state index >= 15 is 0 Å². The maximum Gasteiger partial charge on any atom is 0.322 e. The van der Waals surface area contributed by atoms with E-state index < -0.39 is 5.82 Å². The predicted octanol–water partition coefficient (Wildman–Crippen LogP) is 3.19. The van der Waals surface area contributed by atoms with E-state index in [1.165, 1.54) is 6.07 Å². The molecule has 3 rings (SSSR count). The summed E-state index contributed by atoms with van der Waals surface area (Å²) in [5, 5.41) is 2.62. The molecule has 1 N–H and O–H groups in total. The molecule has 0 spiro atoms. The van der Waals surface area contributed by atoms with Crippen molar-refractivity contribution >= 4 is 17.5 Å². The first-order chi connectivity index (χ1) is 10.2. The van der Waals surface area contributed by atoms with E-state index in [0.717, 1.165) is 25.7 Å². The molecule has 5 heteroatoms. The van der Waals surface area contributed by atoms with Gasteiger partial charge in [-0.2, -0.15) is 0 Å². The van der Waals surface area contributed by atoms with Gasteiger partial charge in [0.05, 0.1) is 5.69 Å². The van der Waals surface area contributed by atoms with Gasteiger partial charge in [-0.1, -0.05) is 12.1 Å². The number of benzene rings is 1. The van der Waals surface area contributed by atoms with Crippen LogP contribution < -0.4 is 5.32 Å². The monoisotopic (exact) mass is 290 g/mol. The average molecular weight is 290 g/mol. The van der Waals surface area contributed by atoms with Crippen LogP contribution in [0.2, 0.25) is 0 Å². The fourth-order valence-corrected chi connectivity index (χ4v) is 3.46. The van der Waals surface area contributed by atoms with Crippen molar-refractivity contribution in [2.45, 2.75) is 38.1 Å². The Bertz CT molecular complexity index is 561. The third-order valence-electron chi connectivity index (χ3n) is 4.49. The van der Waals surface area contributed by atoms with Crippen LogP contribution in [-0.2, 0) is 4.79 Å². The van der Waals surface area contributed by atoms with Crippen LogP contribution in [0.5, 0.6) is 0 Å². The number of halogens is 1. The molecule has 4 nitrogen and oxygen atoms in total. The van der Waals surface area contributed by atoms with E-state index in [1.807, 2.05) is 0 Å². The van der Waals surface area contributed by atoms with Crippen LogP contribution >= 0.6 is 0 Å². The van der Waals surface area contributed by atoms with E-state index in [1.54, 1.807) is 23.1 Å². The highest BCUT2D eigenvalue weighted by atomic mass is 19.1. The van der Waals surface area contributed by atoms with Gasteiger partial charge >= 0.3 is 6.03 Å². The van der Waals surface area contributed by atoms with Crippen LogP contribution in [0.25, 0.3) is 0 Å². The summed E-state index contributed by atoms with van der Waals surface area (Å²) in [5.41, 5.74) is 0.186. The first-order valence-corrected chi connectivity index (χ1v) is 7.51. The molecule has 0 aromatic heterocycles. The van der Waals surface area contributed by atoms with Gasteiger partial charge in [0, 0.05) is 24.9 Å². The van der Waals surface area contributed by atoms with Gasteiger partial charge in [0.15, 0.2) is 0 Å². The van der Waals surface area contributed by atoms with Crippen molar-refractivity contribution in [2.24, 2.45) is 5.92 Å². The number of hydrogen-bond acceptors (Lipinski definition) is 2. The number of ketones is 1. The molecule has 1 heterocycles. The molecular formula is C16H19FN2O2. The molecule has 112 valence electrons. The Labute approximate surface area is 123 Å². The highest BCUT2D eigenvalue weighted by molar-refractivity contribution is 5.91. The van der Waals surface area contributed by atoms with E-state index in [4.69, 9.17) is 0 Å². The molecule has 2 amide bonds. The summed E-state index contributed by atoms with van der Waals surface area (Å²) in [5.74, 6) is -0.206. The molecule has 2 aliphatic rings. The molecule has 2 unspecified atom stereocenters. The third kappa shape index (κ3) is 2.77. The van der Waals surface area contributed by atoms with Crippen LogP contribution in [0.15, 0.2) is 24.3 Å². The Morgan fingerprint density at radius 1 is 1.24 bits per heavy atom. The molecule has 1 saturated heterocycles. The molecule has 1 aliphatic carbocycles. The van der Waals surface area contributed by atoms with Crippen LogP contribution in [0.3, 0.4) is 0 Å². The fourth-order valence-electron chi connectivity index (χ4n) is 3.46. The van der Waals surface area contributed by atoms with Crippen LogP contribution in [0.1, 0.15) is 32.1 Å². The molecule has 1 aromatic rings. The van der Waals surface area contributed by atoms with E-state index in [2.05, 4.69) is 5.32 Å². The quantitative estimate of drug-likeness (QED) is 0.909. The molecule has 0 bridgehead atoms. The molecule has 2 fully saturated rings. The number of hydrogen-bond donors (Lipinski definition) is 1. The summed E-state index contributed by atoms with van der Waals surface area (Å²) in [6.45, 7) is 0.634. The Balaban J connectivity index is 1.71. The van der Waals surface area contributed by atoms with Gasteiger partial charge in [-0.25, -0.2) is 9.18 Å². The van der Waals surface area contributed by atoms with Gasteiger partial charge in [0.2, 0.25) is 0 Å². The number of nitrogens with one attached hydrogen (secondary N) is 1. The largest absolute Gasteiger partial charge is 0.322 e. The minimum atomic E-state index is -0.446. The van der Waals surface area contributed by atoms with Crippen molar-refractivity contribution in [2.75, 3.05) is 11.9 Å². The van der Waals surface area contributed by atoms with Crippen molar-refractivity contribution in [3.63, 3.8) is 0 Å². The van der Waals surface area contributed by atoms with E-state index in [0.29, 0.717) is 13.0 Å². The number of carbonyl (C=O) groups is 2. The van der Waals surface area contributed by atoms with Crippen molar-refractivity contribution in [1.82, 2.24) is 4.90 Å². The van der Waals surface area contributed by atoms with Crippen molar-refractivity contribution in [1.29, 1.82) is 0 Å².